The summed E-state index contributed by atoms with van der Waals surface area (Å²) in [5, 5.41) is 0. The van der Waals surface area contributed by atoms with E-state index in [9.17, 15) is 9.59 Å². The first-order valence-corrected chi connectivity index (χ1v) is 12.6. The molecule has 0 saturated carbocycles. The van der Waals surface area contributed by atoms with Crippen molar-refractivity contribution in [3.8, 4) is 11.4 Å². The second-order valence-corrected chi connectivity index (χ2v) is 9.14. The lowest BCUT2D eigenvalue weighted by molar-refractivity contribution is -0.145. The van der Waals surface area contributed by atoms with Crippen LogP contribution in [0.25, 0.3) is 11.4 Å². The summed E-state index contributed by atoms with van der Waals surface area (Å²) in [5.74, 6) is 1.31. The molecule has 0 N–H and O–H groups in total. The number of hydrogen-bond acceptors (Lipinski definition) is 6. The van der Waals surface area contributed by atoms with Crippen LogP contribution in [0.5, 0.6) is 0 Å². The maximum Gasteiger partial charge on any atom is 0.306 e. The lowest BCUT2D eigenvalue weighted by Crippen LogP contribution is -2.49. The molecule has 0 atom stereocenters. The average Bonchev–Trinajstić information content (AvgIpc) is 2.89. The molecule has 0 aliphatic carbocycles. The fourth-order valence-electron chi connectivity index (χ4n) is 4.45. The number of aromatic nitrogens is 2. The van der Waals surface area contributed by atoms with Crippen molar-refractivity contribution in [1.82, 2.24) is 14.9 Å². The van der Waals surface area contributed by atoms with Gasteiger partial charge in [-0.1, -0.05) is 60.2 Å². The van der Waals surface area contributed by atoms with Crippen molar-refractivity contribution in [3.05, 3.63) is 77.0 Å². The van der Waals surface area contributed by atoms with Gasteiger partial charge in [0.1, 0.15) is 5.82 Å². The number of esters is 1. The van der Waals surface area contributed by atoms with Gasteiger partial charge in [0.05, 0.1) is 13.0 Å². The summed E-state index contributed by atoms with van der Waals surface area (Å²) in [4.78, 5) is 38.3. The topological polar surface area (TPSA) is 75.6 Å². The first-order valence-electron chi connectivity index (χ1n) is 12.6. The molecule has 36 heavy (non-hydrogen) atoms. The highest BCUT2D eigenvalue weighted by molar-refractivity contribution is 5.81. The molecule has 1 fully saturated rings. The van der Waals surface area contributed by atoms with Crippen LogP contribution in [0.1, 0.15) is 42.1 Å². The second-order valence-electron chi connectivity index (χ2n) is 9.14. The normalized spacial score (nSPS) is 13.5. The lowest BCUT2D eigenvalue weighted by atomic mass is 10.0. The lowest BCUT2D eigenvalue weighted by Gasteiger charge is -2.36. The Hall–Kier alpha value is -3.74. The van der Waals surface area contributed by atoms with E-state index in [2.05, 4.69) is 55.1 Å². The Kier molecular flexibility index (Phi) is 8.31. The van der Waals surface area contributed by atoms with Gasteiger partial charge in [-0.25, -0.2) is 9.97 Å². The smallest absolute Gasteiger partial charge is 0.306 e. The van der Waals surface area contributed by atoms with E-state index in [0.29, 0.717) is 38.6 Å². The molecule has 7 nitrogen and oxygen atoms in total. The number of rotatable bonds is 8. The monoisotopic (exact) mass is 486 g/mol. The van der Waals surface area contributed by atoms with Crippen molar-refractivity contribution < 1.29 is 14.3 Å². The average molecular weight is 487 g/mol. The summed E-state index contributed by atoms with van der Waals surface area (Å²) in [6.07, 6.45) is 1.05. The van der Waals surface area contributed by atoms with Crippen LogP contribution < -0.4 is 4.90 Å². The second kappa shape index (κ2) is 11.8. The van der Waals surface area contributed by atoms with Crippen molar-refractivity contribution >= 4 is 17.7 Å². The number of amides is 1. The number of piperazine rings is 1. The SMILES string of the molecule is CCOC(=O)CCC(=O)N1CCN(c2nc(-c3ccc(C)cc3)nc(C)c2Cc2ccccc2)CC1. The molecule has 1 amide bonds. The van der Waals surface area contributed by atoms with Crippen molar-refractivity contribution in [2.75, 3.05) is 37.7 Å². The number of carbonyl (C=O) groups excluding carboxylic acids is 2. The van der Waals surface area contributed by atoms with Crippen molar-refractivity contribution in [2.24, 2.45) is 0 Å². The van der Waals surface area contributed by atoms with Crippen LogP contribution in [0.15, 0.2) is 54.6 Å². The quantitative estimate of drug-likeness (QED) is 0.441. The summed E-state index contributed by atoms with van der Waals surface area (Å²) in [7, 11) is 0. The first-order chi connectivity index (χ1) is 17.4. The minimum Gasteiger partial charge on any atom is -0.466 e. The fraction of sp³-hybridized carbons (Fsp3) is 0.379. The highest BCUT2D eigenvalue weighted by Gasteiger charge is 2.25. The maximum atomic E-state index is 12.7. The Bertz CT molecular complexity index is 1190. The molecule has 4 rings (SSSR count). The Morgan fingerprint density at radius 1 is 0.889 bits per heavy atom. The van der Waals surface area contributed by atoms with Gasteiger partial charge in [-0.2, -0.15) is 0 Å². The summed E-state index contributed by atoms with van der Waals surface area (Å²) >= 11 is 0. The predicted octanol–water partition coefficient (Wildman–Crippen LogP) is 4.34. The van der Waals surface area contributed by atoms with E-state index in [-0.39, 0.29) is 24.7 Å². The third-order valence-electron chi connectivity index (χ3n) is 6.51. The molecule has 1 aliphatic heterocycles. The largest absolute Gasteiger partial charge is 0.466 e. The maximum absolute atomic E-state index is 12.7. The number of hydrogen-bond donors (Lipinski definition) is 0. The number of benzene rings is 2. The molecule has 0 unspecified atom stereocenters. The molecule has 2 aromatic carbocycles. The Labute approximate surface area is 213 Å². The molecule has 0 spiro atoms. The van der Waals surface area contributed by atoms with Crippen molar-refractivity contribution in [3.63, 3.8) is 0 Å². The minimum absolute atomic E-state index is 0.00794. The molecular weight excluding hydrogens is 452 g/mol. The van der Waals surface area contributed by atoms with E-state index in [1.807, 2.05) is 23.1 Å². The van der Waals surface area contributed by atoms with E-state index in [1.165, 1.54) is 11.1 Å². The van der Waals surface area contributed by atoms with Gasteiger partial charge >= 0.3 is 5.97 Å². The zero-order chi connectivity index (χ0) is 25.5. The van der Waals surface area contributed by atoms with Gasteiger partial charge in [-0.15, -0.1) is 0 Å². The summed E-state index contributed by atoms with van der Waals surface area (Å²) in [5.41, 5.74) is 5.47. The van der Waals surface area contributed by atoms with Crippen LogP contribution in [-0.2, 0) is 20.7 Å². The van der Waals surface area contributed by atoms with E-state index in [0.717, 1.165) is 29.1 Å². The molecule has 0 radical (unpaired) electrons. The van der Waals surface area contributed by atoms with Crippen LogP contribution >= 0.6 is 0 Å². The van der Waals surface area contributed by atoms with Gasteiger partial charge < -0.3 is 14.5 Å². The van der Waals surface area contributed by atoms with Crippen molar-refractivity contribution in [2.45, 2.75) is 40.0 Å². The third kappa shape index (κ3) is 6.27. The predicted molar refractivity (Wildman–Crippen MR) is 141 cm³/mol. The number of ether oxygens (including phenoxy) is 1. The third-order valence-corrected chi connectivity index (χ3v) is 6.51. The Morgan fingerprint density at radius 2 is 1.58 bits per heavy atom. The highest BCUT2D eigenvalue weighted by atomic mass is 16.5. The van der Waals surface area contributed by atoms with Gasteiger partial charge in [-0.05, 0) is 26.3 Å². The summed E-state index contributed by atoms with van der Waals surface area (Å²) < 4.78 is 4.95. The van der Waals surface area contributed by atoms with Crippen molar-refractivity contribution in [1.29, 1.82) is 0 Å². The number of aryl methyl sites for hydroxylation is 2. The van der Waals surface area contributed by atoms with Gasteiger partial charge in [-0.3, -0.25) is 9.59 Å². The van der Waals surface area contributed by atoms with Gasteiger partial charge in [0.2, 0.25) is 5.91 Å². The number of nitrogens with zero attached hydrogens (tertiary/aromatic N) is 4. The molecule has 1 aliphatic rings. The van der Waals surface area contributed by atoms with Crippen LogP contribution in [-0.4, -0.2) is 59.5 Å². The highest BCUT2D eigenvalue weighted by Crippen LogP contribution is 2.28. The van der Waals surface area contributed by atoms with Gasteiger partial charge in [0.15, 0.2) is 5.82 Å². The summed E-state index contributed by atoms with van der Waals surface area (Å²) in [6, 6.07) is 18.6. The number of carbonyl (C=O) groups is 2. The minimum atomic E-state index is -0.324. The molecule has 7 heteroatoms. The molecular formula is C29H34N4O3. The number of anilines is 1. The van der Waals surface area contributed by atoms with Crippen LogP contribution in [0.4, 0.5) is 5.82 Å². The molecule has 0 bridgehead atoms. The van der Waals surface area contributed by atoms with Crippen LogP contribution in [0, 0.1) is 13.8 Å². The summed E-state index contributed by atoms with van der Waals surface area (Å²) in [6.45, 7) is 8.76. The Balaban J connectivity index is 1.55. The van der Waals surface area contributed by atoms with Crippen LogP contribution in [0.3, 0.4) is 0 Å². The molecule has 3 aromatic rings. The Morgan fingerprint density at radius 3 is 2.25 bits per heavy atom. The van der Waals surface area contributed by atoms with Crippen LogP contribution in [0.2, 0.25) is 0 Å². The zero-order valence-corrected chi connectivity index (χ0v) is 21.4. The molecule has 2 heterocycles. The van der Waals surface area contributed by atoms with E-state index >= 15 is 0 Å². The van der Waals surface area contributed by atoms with E-state index in [1.54, 1.807) is 6.92 Å². The molecule has 1 aromatic heterocycles. The molecule has 1 saturated heterocycles. The standard InChI is InChI=1S/C29H34N4O3/c1-4-36-27(35)15-14-26(34)32-16-18-33(19-17-32)29-25(20-23-8-6-5-7-9-23)22(3)30-28(31-29)24-12-10-21(2)11-13-24/h5-13H,4,14-20H2,1-3H3. The zero-order valence-electron chi connectivity index (χ0n) is 21.4. The first kappa shape index (κ1) is 25.4. The van der Waals surface area contributed by atoms with E-state index in [4.69, 9.17) is 14.7 Å². The van der Waals surface area contributed by atoms with E-state index < -0.39 is 0 Å². The van der Waals surface area contributed by atoms with Gasteiger partial charge in [0, 0.05) is 55.8 Å². The molecule has 188 valence electrons. The van der Waals surface area contributed by atoms with Gasteiger partial charge in [0.25, 0.3) is 0 Å². The fourth-order valence-corrected chi connectivity index (χ4v) is 4.45.